The number of aromatic nitrogens is 9. The Morgan fingerprint density at radius 2 is 0.557 bits per heavy atom. The maximum absolute atomic E-state index is 5.45. The van der Waals surface area contributed by atoms with Crippen molar-refractivity contribution in [3.8, 4) is 113 Å². The molecule has 0 aliphatic carbocycles. The maximum atomic E-state index is 5.45. The van der Waals surface area contributed by atoms with Crippen molar-refractivity contribution in [2.45, 2.75) is 0 Å². The van der Waals surface area contributed by atoms with Crippen molar-refractivity contribution in [1.82, 2.24) is 43.2 Å². The minimum atomic E-state index is 0.554. The van der Waals surface area contributed by atoms with Gasteiger partial charge in [-0.15, -0.1) is 0 Å². The predicted molar refractivity (Wildman–Crippen MR) is 436 cm³/mol. The summed E-state index contributed by atoms with van der Waals surface area (Å²) < 4.78 is 9.37. The molecule has 0 unspecified atom stereocenters. The van der Waals surface area contributed by atoms with Gasteiger partial charge in [0.1, 0.15) is 5.82 Å². The molecule has 0 atom stereocenters. The van der Waals surface area contributed by atoms with Gasteiger partial charge in [-0.25, -0.2) is 15.0 Å². The maximum Gasteiger partial charge on any atom is 0.238 e. The molecule has 6 heterocycles. The average Bonchev–Trinajstić information content (AvgIpc) is 1.55. The summed E-state index contributed by atoms with van der Waals surface area (Å²) in [6.07, 6.45) is 0. The van der Waals surface area contributed by atoms with Crippen LogP contribution in [0.3, 0.4) is 0 Å². The van der Waals surface area contributed by atoms with Gasteiger partial charge in [0.15, 0.2) is 17.5 Å². The highest BCUT2D eigenvalue weighted by Gasteiger charge is 2.25. The highest BCUT2D eigenvalue weighted by molar-refractivity contribution is 6.26. The number of benzene rings is 15. The van der Waals surface area contributed by atoms with E-state index in [2.05, 4.69) is 358 Å². The largest absolute Gasteiger partial charge is 0.309 e. The van der Waals surface area contributed by atoms with Crippen molar-refractivity contribution in [2.24, 2.45) is 0 Å². The molecule has 0 radical (unpaired) electrons. The lowest BCUT2D eigenvalue weighted by Crippen LogP contribution is -2.06. The van der Waals surface area contributed by atoms with E-state index in [-0.39, 0.29) is 0 Å². The minimum absolute atomic E-state index is 0.554. The van der Waals surface area contributed by atoms with Crippen LogP contribution in [0.1, 0.15) is 0 Å². The van der Waals surface area contributed by atoms with Crippen LogP contribution in [0.25, 0.3) is 200 Å². The quantitative estimate of drug-likeness (QED) is 0.122. The van der Waals surface area contributed by atoms with Gasteiger partial charge in [-0.3, -0.25) is 9.13 Å². The molecule has 0 aliphatic rings. The molecule has 494 valence electrons. The molecule has 21 rings (SSSR count). The molecule has 15 aromatic carbocycles. The first-order valence-corrected chi connectivity index (χ1v) is 35.9. The molecule has 0 saturated carbocycles. The highest BCUT2D eigenvalue weighted by Crippen LogP contribution is 2.45. The molecule has 6 aromatic heterocycles. The first-order valence-electron chi connectivity index (χ1n) is 35.9. The van der Waals surface area contributed by atoms with E-state index in [0.717, 1.165) is 155 Å². The number of nitrogens with zero attached hydrogens (tertiary/aromatic N) is 9. The molecular formula is C97H61N9. The summed E-state index contributed by atoms with van der Waals surface area (Å²) in [5.41, 5.74) is 24.6. The van der Waals surface area contributed by atoms with Gasteiger partial charge < -0.3 is 9.13 Å². The van der Waals surface area contributed by atoms with Gasteiger partial charge in [-0.2, -0.15) is 9.97 Å². The van der Waals surface area contributed by atoms with Gasteiger partial charge in [0.05, 0.1) is 49.8 Å². The molecule has 106 heavy (non-hydrogen) atoms. The van der Waals surface area contributed by atoms with Crippen LogP contribution in [0, 0.1) is 0 Å². The van der Waals surface area contributed by atoms with Crippen LogP contribution in [0.15, 0.2) is 370 Å². The Balaban J connectivity index is 0.600. The zero-order valence-corrected chi connectivity index (χ0v) is 57.2. The van der Waals surface area contributed by atoms with Gasteiger partial charge in [0, 0.05) is 82.8 Å². The average molecular weight is 1350 g/mol. The summed E-state index contributed by atoms with van der Waals surface area (Å²) in [4.78, 5) is 26.6. The number of hydrogen-bond acceptors (Lipinski definition) is 5. The highest BCUT2D eigenvalue weighted by atomic mass is 15.2. The van der Waals surface area contributed by atoms with Crippen molar-refractivity contribution in [1.29, 1.82) is 0 Å². The second kappa shape index (κ2) is 24.7. The molecule has 9 nitrogen and oxygen atoms in total. The van der Waals surface area contributed by atoms with Gasteiger partial charge in [0.2, 0.25) is 5.95 Å². The fraction of sp³-hybridized carbons (Fsp3) is 0. The van der Waals surface area contributed by atoms with Crippen LogP contribution in [-0.2, 0) is 0 Å². The van der Waals surface area contributed by atoms with E-state index in [1.54, 1.807) is 0 Å². The first-order chi connectivity index (χ1) is 52.5. The fourth-order valence-electron chi connectivity index (χ4n) is 16.1. The van der Waals surface area contributed by atoms with Crippen LogP contribution < -0.4 is 0 Å². The van der Waals surface area contributed by atoms with Gasteiger partial charge >= 0.3 is 0 Å². The second-order valence-corrected chi connectivity index (χ2v) is 27.2. The fourth-order valence-corrected chi connectivity index (χ4v) is 16.1. The van der Waals surface area contributed by atoms with Gasteiger partial charge in [-0.1, -0.05) is 291 Å². The van der Waals surface area contributed by atoms with E-state index in [0.29, 0.717) is 23.4 Å². The third kappa shape index (κ3) is 10.0. The van der Waals surface area contributed by atoms with Crippen molar-refractivity contribution in [3.05, 3.63) is 370 Å². The Morgan fingerprint density at radius 1 is 0.179 bits per heavy atom. The molecule has 0 fully saturated rings. The third-order valence-corrected chi connectivity index (χ3v) is 21.1. The van der Waals surface area contributed by atoms with Crippen LogP contribution in [0.2, 0.25) is 0 Å². The zero-order valence-electron chi connectivity index (χ0n) is 57.2. The lowest BCUT2D eigenvalue weighted by molar-refractivity contribution is 0.954. The minimum Gasteiger partial charge on any atom is -0.309 e. The number of hydrogen-bond donors (Lipinski definition) is 0. The standard InChI is InChI=1S/C97H61N9/c1-5-22-62(23-6-1)63-44-48-70(49-45-63)94-98-83(68-24-7-2-8-25-68)61-91(99-94)105-87-39-20-16-35-80(87)92-88(105)57-56-79-76-32-13-18-37-85(76)104(93(79)92)75-54-52-65(53-55-75)64-40-42-66(43-41-64)72-28-21-29-73(58-72)67-46-50-71(51-47-67)96-100-95(69-26-9-3-10-27-69)101-97(102-96)106-86-38-19-15-34-78(86)82-59-89-81(60-90(82)106)77-33-14-17-36-84(77)103(89)74-30-11-4-12-31-74/h1-61H. The SMILES string of the molecule is c1ccc(-c2ccc(-c3nc(-c4ccccc4)cc(-n4c5ccccc5c5c4ccc4c6ccccc6n(-c6ccc(-c7ccc(-c8cccc(-c9ccc(-c%10nc(-c%11ccccc%11)nc(-n%11c%12ccccc%12c%12cc%13c(cc%12%11)c%11ccccc%11n%13-c%11ccccc%11)n%10)cc9)c8)cc7)cc6)c45)n3)cc2)cc1. The Hall–Kier alpha value is -14.4. The molecule has 0 bridgehead atoms. The molecule has 0 N–H and O–H groups in total. The van der Waals surface area contributed by atoms with Gasteiger partial charge in [-0.05, 0) is 117 Å². The molecular weight excluding hydrogens is 1290 g/mol. The topological polar surface area (TPSA) is 84.2 Å². The Labute approximate surface area is 609 Å². The lowest BCUT2D eigenvalue weighted by atomic mass is 9.96. The van der Waals surface area contributed by atoms with Crippen LogP contribution in [0.4, 0.5) is 0 Å². The normalized spacial score (nSPS) is 11.8. The van der Waals surface area contributed by atoms with Crippen LogP contribution in [-0.4, -0.2) is 43.2 Å². The van der Waals surface area contributed by atoms with E-state index in [4.69, 9.17) is 24.9 Å². The smallest absolute Gasteiger partial charge is 0.238 e. The van der Waals surface area contributed by atoms with E-state index in [1.165, 1.54) is 21.7 Å². The molecule has 9 heteroatoms. The summed E-state index contributed by atoms with van der Waals surface area (Å²) in [5.74, 6) is 3.21. The van der Waals surface area contributed by atoms with Crippen molar-refractivity contribution < 1.29 is 0 Å². The van der Waals surface area contributed by atoms with Gasteiger partial charge in [0.25, 0.3) is 0 Å². The molecule has 0 amide bonds. The van der Waals surface area contributed by atoms with Crippen molar-refractivity contribution in [3.63, 3.8) is 0 Å². The number of rotatable bonds is 12. The van der Waals surface area contributed by atoms with Crippen LogP contribution in [0.5, 0.6) is 0 Å². The molecule has 0 aliphatic heterocycles. The third-order valence-electron chi connectivity index (χ3n) is 21.1. The lowest BCUT2D eigenvalue weighted by Gasteiger charge is -2.13. The zero-order chi connectivity index (χ0) is 69.8. The Kier molecular flexibility index (Phi) is 14.1. The van der Waals surface area contributed by atoms with Crippen LogP contribution >= 0.6 is 0 Å². The van der Waals surface area contributed by atoms with Crippen molar-refractivity contribution >= 4 is 87.2 Å². The summed E-state index contributed by atoms with van der Waals surface area (Å²) >= 11 is 0. The summed E-state index contributed by atoms with van der Waals surface area (Å²) in [6, 6.07) is 132. The van der Waals surface area contributed by atoms with Crippen molar-refractivity contribution in [2.75, 3.05) is 0 Å². The Bertz CT molecular complexity index is 7000. The predicted octanol–water partition coefficient (Wildman–Crippen LogP) is 24.4. The van der Waals surface area contributed by atoms with E-state index in [9.17, 15) is 0 Å². The second-order valence-electron chi connectivity index (χ2n) is 27.2. The first kappa shape index (κ1) is 60.4. The summed E-state index contributed by atoms with van der Waals surface area (Å²) in [6.45, 7) is 0. The summed E-state index contributed by atoms with van der Waals surface area (Å²) in [7, 11) is 0. The monoisotopic (exact) mass is 1350 g/mol. The van der Waals surface area contributed by atoms with E-state index < -0.39 is 0 Å². The molecule has 0 spiro atoms. The van der Waals surface area contributed by atoms with E-state index >= 15 is 0 Å². The molecule has 21 aromatic rings. The Morgan fingerprint density at radius 3 is 1.11 bits per heavy atom. The number of fused-ring (bicyclic) bond motifs is 13. The summed E-state index contributed by atoms with van der Waals surface area (Å²) in [5, 5.41) is 9.27. The van der Waals surface area contributed by atoms with E-state index in [1.807, 2.05) is 30.3 Å². The number of para-hydroxylation sites is 5. The molecule has 0 saturated heterocycles.